The van der Waals surface area contributed by atoms with Crippen LogP contribution in [0.3, 0.4) is 0 Å². The molecule has 0 saturated carbocycles. The van der Waals surface area contributed by atoms with Gasteiger partial charge in [0, 0.05) is 18.1 Å². The van der Waals surface area contributed by atoms with Crippen LogP contribution in [0.2, 0.25) is 0 Å². The molecule has 2 aromatic carbocycles. The van der Waals surface area contributed by atoms with E-state index in [9.17, 15) is 23.5 Å². The summed E-state index contributed by atoms with van der Waals surface area (Å²) in [5, 5.41) is 30.3. The number of allylic oxidation sites excluding steroid dienone is 1. The van der Waals surface area contributed by atoms with Crippen molar-refractivity contribution in [3.8, 4) is 6.07 Å². The first-order valence-electron chi connectivity index (χ1n) is 10.1. The molecule has 2 N–H and O–H groups in total. The minimum absolute atomic E-state index is 0.112. The molecule has 1 aromatic heterocycles. The van der Waals surface area contributed by atoms with Crippen molar-refractivity contribution in [2.45, 2.75) is 25.8 Å². The molecule has 0 aliphatic carbocycles. The first kappa shape index (κ1) is 24.2. The number of carbonyl (C=O) groups is 2. The van der Waals surface area contributed by atoms with Crippen LogP contribution in [0.25, 0.3) is 0 Å². The number of Topliss-reactive ketones (excluding diaryl/α,β-unsaturated/α-hetero) is 1. The molecule has 3 rings (SSSR count). The highest BCUT2D eigenvalue weighted by molar-refractivity contribution is 6.12. The maximum absolute atomic E-state index is 13.7. The van der Waals surface area contributed by atoms with Crippen molar-refractivity contribution >= 4 is 17.9 Å². The highest BCUT2D eigenvalue weighted by Gasteiger charge is 2.30. The van der Waals surface area contributed by atoms with Gasteiger partial charge in [-0.25, -0.2) is 8.78 Å². The van der Waals surface area contributed by atoms with Gasteiger partial charge in [-0.05, 0) is 48.9 Å². The number of nitrogens with zero attached hydrogens (tertiary/aromatic N) is 3. The quantitative estimate of drug-likeness (QED) is 0.213. The van der Waals surface area contributed by atoms with Crippen LogP contribution < -0.4 is 5.32 Å². The minimum atomic E-state index is -3.08. The Morgan fingerprint density at radius 1 is 1.09 bits per heavy atom. The minimum Gasteiger partial charge on any atom is -0.504 e. The molecule has 1 atom stereocenters. The van der Waals surface area contributed by atoms with Crippen LogP contribution in [0.1, 0.15) is 45.7 Å². The molecule has 7 nitrogen and oxygen atoms in total. The number of hydrogen-bond donors (Lipinski definition) is 2. The molecule has 0 radical (unpaired) electrons. The van der Waals surface area contributed by atoms with E-state index in [4.69, 9.17) is 5.26 Å². The molecule has 34 heavy (non-hydrogen) atoms. The molecule has 0 aliphatic heterocycles. The highest BCUT2D eigenvalue weighted by atomic mass is 19.3. The van der Waals surface area contributed by atoms with Gasteiger partial charge in [-0.1, -0.05) is 24.3 Å². The van der Waals surface area contributed by atoms with Crippen molar-refractivity contribution in [1.29, 1.82) is 5.26 Å². The summed E-state index contributed by atoms with van der Waals surface area (Å²) in [6.07, 6.45) is 0.126. The zero-order valence-electron chi connectivity index (χ0n) is 18.3. The van der Waals surface area contributed by atoms with Gasteiger partial charge < -0.3 is 10.4 Å². The van der Waals surface area contributed by atoms with E-state index in [1.807, 2.05) is 6.07 Å². The molecule has 0 fully saturated rings. The fourth-order valence-electron chi connectivity index (χ4n) is 3.22. The van der Waals surface area contributed by atoms with Crippen LogP contribution in [-0.2, 0) is 10.7 Å². The van der Waals surface area contributed by atoms with E-state index in [0.717, 1.165) is 6.92 Å². The fourth-order valence-corrected chi connectivity index (χ4v) is 3.22. The number of carbonyl (C=O) groups excluding carboxylic acids is 2. The molecule has 0 amide bonds. The zero-order chi connectivity index (χ0) is 24.9. The number of nitriles is 1. The number of halogens is 2. The largest absolute Gasteiger partial charge is 0.504 e. The SMILES string of the molecule is Cc1ccc(NC(/C(C(=O)c2ccc(C#N)cc2)=C(/O)C=O)c2ccc(C(C)(F)F)cc2)nn1. The summed E-state index contributed by atoms with van der Waals surface area (Å²) in [5.41, 5.74) is 0.826. The Labute approximate surface area is 194 Å². The van der Waals surface area contributed by atoms with Crippen LogP contribution in [0.15, 0.2) is 72.0 Å². The van der Waals surface area contributed by atoms with Crippen LogP contribution in [0, 0.1) is 18.3 Å². The van der Waals surface area contributed by atoms with E-state index in [0.29, 0.717) is 16.8 Å². The summed E-state index contributed by atoms with van der Waals surface area (Å²) in [5.74, 6) is -4.39. The van der Waals surface area contributed by atoms with Gasteiger partial charge in [0.05, 0.1) is 28.9 Å². The van der Waals surface area contributed by atoms with Gasteiger partial charge in [-0.3, -0.25) is 9.59 Å². The van der Waals surface area contributed by atoms with Gasteiger partial charge in [0.1, 0.15) is 5.82 Å². The normalized spacial score (nSPS) is 12.8. The number of aryl methyl sites for hydroxylation is 1. The molecule has 3 aromatic rings. The van der Waals surface area contributed by atoms with E-state index in [-0.39, 0.29) is 28.8 Å². The molecule has 0 aliphatic rings. The van der Waals surface area contributed by atoms with E-state index < -0.39 is 23.5 Å². The van der Waals surface area contributed by atoms with Crippen molar-refractivity contribution < 1.29 is 23.5 Å². The average Bonchev–Trinajstić information content (AvgIpc) is 2.84. The van der Waals surface area contributed by atoms with Gasteiger partial charge >= 0.3 is 0 Å². The lowest BCUT2D eigenvalue weighted by molar-refractivity contribution is -0.107. The van der Waals surface area contributed by atoms with E-state index in [1.165, 1.54) is 48.5 Å². The smallest absolute Gasteiger partial charge is 0.270 e. The third-order valence-corrected chi connectivity index (χ3v) is 5.04. The molecule has 172 valence electrons. The standard InChI is InChI=1S/C25H20F2N4O3/c1-15-3-12-21(31-30-15)29-23(17-8-10-19(11-9-17)25(2,26)27)22(20(33)14-32)24(34)18-6-4-16(13-28)5-7-18/h3-12,14,23,33H,1-2H3,(H,29,31)/b22-20-. The van der Waals surface area contributed by atoms with Gasteiger partial charge in [-0.2, -0.15) is 10.4 Å². The number of anilines is 1. The Balaban J connectivity index is 2.13. The van der Waals surface area contributed by atoms with Crippen LogP contribution >= 0.6 is 0 Å². The molecular formula is C25H20F2N4O3. The second-order valence-corrected chi connectivity index (χ2v) is 7.58. The monoisotopic (exact) mass is 462 g/mol. The van der Waals surface area contributed by atoms with Gasteiger partial charge in [0.2, 0.25) is 0 Å². The number of aldehydes is 1. The lowest BCUT2D eigenvalue weighted by atomic mass is 9.90. The predicted molar refractivity (Wildman–Crippen MR) is 120 cm³/mol. The van der Waals surface area contributed by atoms with Crippen molar-refractivity contribution in [2.24, 2.45) is 0 Å². The summed E-state index contributed by atoms with van der Waals surface area (Å²) in [6, 6.07) is 14.8. The molecule has 1 heterocycles. The van der Waals surface area contributed by atoms with Crippen LogP contribution in [0.4, 0.5) is 14.6 Å². The van der Waals surface area contributed by atoms with Crippen molar-refractivity contribution in [1.82, 2.24) is 10.2 Å². The fraction of sp³-hybridized carbons (Fsp3) is 0.160. The van der Waals surface area contributed by atoms with E-state index >= 15 is 0 Å². The summed E-state index contributed by atoms with van der Waals surface area (Å²) < 4.78 is 27.4. The molecular weight excluding hydrogens is 442 g/mol. The summed E-state index contributed by atoms with van der Waals surface area (Å²) in [7, 11) is 0. The number of ketones is 1. The Kier molecular flexibility index (Phi) is 7.12. The Bertz CT molecular complexity index is 1260. The van der Waals surface area contributed by atoms with Gasteiger partial charge in [0.25, 0.3) is 5.92 Å². The predicted octanol–water partition coefficient (Wildman–Crippen LogP) is 4.82. The number of alkyl halides is 2. The Hall–Kier alpha value is -4.45. The average molecular weight is 462 g/mol. The van der Waals surface area contributed by atoms with Crippen LogP contribution in [0.5, 0.6) is 0 Å². The number of benzene rings is 2. The number of aliphatic hydroxyl groups is 1. The number of rotatable bonds is 8. The first-order chi connectivity index (χ1) is 16.1. The van der Waals surface area contributed by atoms with E-state index in [2.05, 4.69) is 15.5 Å². The number of hydrogen-bond acceptors (Lipinski definition) is 7. The molecule has 0 spiro atoms. The summed E-state index contributed by atoms with van der Waals surface area (Å²) in [4.78, 5) is 24.9. The highest BCUT2D eigenvalue weighted by Crippen LogP contribution is 2.33. The third-order valence-electron chi connectivity index (χ3n) is 5.04. The van der Waals surface area contributed by atoms with Crippen LogP contribution in [-0.4, -0.2) is 27.4 Å². The molecule has 1 unspecified atom stereocenters. The topological polar surface area (TPSA) is 116 Å². The summed E-state index contributed by atoms with van der Waals surface area (Å²) >= 11 is 0. The number of nitrogens with one attached hydrogen (secondary N) is 1. The third kappa shape index (κ3) is 5.48. The lowest BCUT2D eigenvalue weighted by Crippen LogP contribution is -2.23. The number of aliphatic hydroxyl groups excluding tert-OH is 1. The summed E-state index contributed by atoms with van der Waals surface area (Å²) in [6.45, 7) is 2.49. The zero-order valence-corrected chi connectivity index (χ0v) is 18.3. The lowest BCUT2D eigenvalue weighted by Gasteiger charge is -2.23. The van der Waals surface area contributed by atoms with Crippen molar-refractivity contribution in [3.63, 3.8) is 0 Å². The maximum Gasteiger partial charge on any atom is 0.270 e. The Morgan fingerprint density at radius 2 is 1.74 bits per heavy atom. The maximum atomic E-state index is 13.7. The molecule has 0 saturated heterocycles. The Morgan fingerprint density at radius 3 is 2.24 bits per heavy atom. The molecule has 0 bridgehead atoms. The van der Waals surface area contributed by atoms with Crippen molar-refractivity contribution in [3.05, 3.63) is 99.9 Å². The second kappa shape index (κ2) is 10.0. The van der Waals surface area contributed by atoms with E-state index in [1.54, 1.807) is 19.1 Å². The second-order valence-electron chi connectivity index (χ2n) is 7.58. The van der Waals surface area contributed by atoms with Gasteiger partial charge in [-0.15, -0.1) is 5.10 Å². The molecule has 9 heteroatoms. The first-order valence-corrected chi connectivity index (χ1v) is 10.1. The number of aromatic nitrogens is 2. The van der Waals surface area contributed by atoms with Crippen molar-refractivity contribution in [2.75, 3.05) is 5.32 Å². The van der Waals surface area contributed by atoms with Gasteiger partial charge in [0.15, 0.2) is 17.8 Å².